The van der Waals surface area contributed by atoms with Crippen molar-refractivity contribution in [3.8, 4) is 0 Å². The van der Waals surface area contributed by atoms with Gasteiger partial charge in [0.1, 0.15) is 0 Å². The number of halogens is 3. The second-order valence-corrected chi connectivity index (χ2v) is 9.02. The maximum atomic E-state index is 12.7. The highest BCUT2D eigenvalue weighted by atomic mass is 32.2. The molecule has 150 valence electrons. The molecule has 1 atom stereocenters. The molecular weight excluding hydrogens is 411 g/mol. The summed E-state index contributed by atoms with van der Waals surface area (Å²) in [4.78, 5) is 0.695. The van der Waals surface area contributed by atoms with Crippen LogP contribution in [0.25, 0.3) is 0 Å². The smallest absolute Gasteiger partial charge is 0.260 e. The standard InChI is InChI=1S/C18H18F3N3O2S2/c1-12-10-13(2)24(23-12)16(17-4-3-9-27-17)11-22-28(25,26)15-7-5-14(6-8-15)18(19,20)21/h3-10,16,22H,11H2,1-2H3. The van der Waals surface area contributed by atoms with Crippen LogP contribution in [0.4, 0.5) is 13.2 Å². The quantitative estimate of drug-likeness (QED) is 0.640. The Morgan fingerprint density at radius 1 is 1.18 bits per heavy atom. The van der Waals surface area contributed by atoms with E-state index in [4.69, 9.17) is 0 Å². The third kappa shape index (κ3) is 4.45. The molecule has 10 heteroatoms. The Hall–Kier alpha value is -2.17. The first-order valence-corrected chi connectivity index (χ1v) is 10.7. The molecule has 1 aromatic carbocycles. The predicted octanol–water partition coefficient (Wildman–Crippen LogP) is 4.15. The van der Waals surface area contributed by atoms with E-state index in [9.17, 15) is 21.6 Å². The van der Waals surface area contributed by atoms with Gasteiger partial charge >= 0.3 is 6.18 Å². The van der Waals surface area contributed by atoms with Gasteiger partial charge in [0.25, 0.3) is 0 Å². The van der Waals surface area contributed by atoms with Gasteiger partial charge in [0.15, 0.2) is 0 Å². The minimum atomic E-state index is -4.52. The number of hydrogen-bond donors (Lipinski definition) is 1. The van der Waals surface area contributed by atoms with Crippen molar-refractivity contribution in [1.29, 1.82) is 0 Å². The van der Waals surface area contributed by atoms with Crippen LogP contribution < -0.4 is 4.72 Å². The molecule has 0 bridgehead atoms. The fourth-order valence-electron chi connectivity index (χ4n) is 2.85. The second kappa shape index (κ2) is 7.69. The molecule has 1 unspecified atom stereocenters. The fraction of sp³-hybridized carbons (Fsp3) is 0.278. The third-order valence-electron chi connectivity index (χ3n) is 4.17. The summed E-state index contributed by atoms with van der Waals surface area (Å²) in [5.41, 5.74) is 0.792. The van der Waals surface area contributed by atoms with Gasteiger partial charge in [0.05, 0.1) is 22.2 Å². The van der Waals surface area contributed by atoms with Gasteiger partial charge in [-0.2, -0.15) is 18.3 Å². The molecule has 0 aliphatic heterocycles. The van der Waals surface area contributed by atoms with Crippen LogP contribution in [0.2, 0.25) is 0 Å². The Bertz CT molecular complexity index is 1040. The van der Waals surface area contributed by atoms with Crippen molar-refractivity contribution in [3.63, 3.8) is 0 Å². The van der Waals surface area contributed by atoms with E-state index in [1.807, 2.05) is 37.4 Å². The molecule has 0 spiro atoms. The molecule has 28 heavy (non-hydrogen) atoms. The molecule has 0 aliphatic carbocycles. The molecule has 0 saturated carbocycles. The maximum Gasteiger partial charge on any atom is 0.416 e. The molecule has 0 aliphatic rings. The Morgan fingerprint density at radius 3 is 2.36 bits per heavy atom. The lowest BCUT2D eigenvalue weighted by Crippen LogP contribution is -2.32. The number of alkyl halides is 3. The fourth-order valence-corrected chi connectivity index (χ4v) is 4.70. The van der Waals surface area contributed by atoms with E-state index in [1.165, 1.54) is 11.3 Å². The van der Waals surface area contributed by atoms with Crippen LogP contribution in [-0.2, 0) is 16.2 Å². The summed E-state index contributed by atoms with van der Waals surface area (Å²) >= 11 is 1.47. The van der Waals surface area contributed by atoms with Gasteiger partial charge < -0.3 is 0 Å². The van der Waals surface area contributed by atoms with Gasteiger partial charge in [-0.1, -0.05) is 6.07 Å². The van der Waals surface area contributed by atoms with Gasteiger partial charge in [-0.05, 0) is 55.6 Å². The van der Waals surface area contributed by atoms with E-state index in [-0.39, 0.29) is 17.5 Å². The summed E-state index contributed by atoms with van der Waals surface area (Å²) in [6, 6.07) is 8.70. The average Bonchev–Trinajstić information content (AvgIpc) is 3.25. The van der Waals surface area contributed by atoms with E-state index < -0.39 is 21.8 Å². The molecule has 1 N–H and O–H groups in total. The van der Waals surface area contributed by atoms with Crippen molar-refractivity contribution in [2.24, 2.45) is 0 Å². The van der Waals surface area contributed by atoms with E-state index in [0.29, 0.717) is 0 Å². The summed E-state index contributed by atoms with van der Waals surface area (Å²) in [5.74, 6) is 0. The second-order valence-electron chi connectivity index (χ2n) is 6.28. The van der Waals surface area contributed by atoms with E-state index in [2.05, 4.69) is 9.82 Å². The first kappa shape index (κ1) is 20.6. The molecule has 2 aromatic heterocycles. The summed E-state index contributed by atoms with van der Waals surface area (Å²) in [7, 11) is -3.98. The van der Waals surface area contributed by atoms with Crippen molar-refractivity contribution in [2.45, 2.75) is 31.0 Å². The van der Waals surface area contributed by atoms with Crippen molar-refractivity contribution in [2.75, 3.05) is 6.54 Å². The molecule has 5 nitrogen and oxygen atoms in total. The largest absolute Gasteiger partial charge is 0.416 e. The highest BCUT2D eigenvalue weighted by molar-refractivity contribution is 7.89. The highest BCUT2D eigenvalue weighted by Gasteiger charge is 2.31. The van der Waals surface area contributed by atoms with Gasteiger partial charge in [-0.25, -0.2) is 13.1 Å². The number of nitrogens with one attached hydrogen (secondary N) is 1. The summed E-state index contributed by atoms with van der Waals surface area (Å²) in [6.07, 6.45) is -4.52. The maximum absolute atomic E-state index is 12.7. The lowest BCUT2D eigenvalue weighted by atomic mass is 10.2. The van der Waals surface area contributed by atoms with Gasteiger partial charge in [-0.3, -0.25) is 4.68 Å². The summed E-state index contributed by atoms with van der Waals surface area (Å²) in [6.45, 7) is 3.75. The number of thiophene rings is 1. The first-order valence-electron chi connectivity index (χ1n) is 8.31. The molecule has 0 fully saturated rings. The van der Waals surface area contributed by atoms with Crippen molar-refractivity contribution in [1.82, 2.24) is 14.5 Å². The SMILES string of the molecule is Cc1cc(C)n(C(CNS(=O)(=O)c2ccc(C(F)(F)F)cc2)c2cccs2)n1. The van der Waals surface area contributed by atoms with Gasteiger partial charge in [0, 0.05) is 17.1 Å². The van der Waals surface area contributed by atoms with Crippen LogP contribution in [0.1, 0.15) is 27.9 Å². The zero-order valence-electron chi connectivity index (χ0n) is 15.1. The van der Waals surface area contributed by atoms with Crippen molar-refractivity contribution >= 4 is 21.4 Å². The van der Waals surface area contributed by atoms with Gasteiger partial charge in [0.2, 0.25) is 10.0 Å². The topological polar surface area (TPSA) is 64.0 Å². The summed E-state index contributed by atoms with van der Waals surface area (Å²) in [5, 5.41) is 6.33. The molecular formula is C18H18F3N3O2S2. The molecule has 3 rings (SSSR count). The van der Waals surface area contributed by atoms with E-state index in [1.54, 1.807) is 4.68 Å². The van der Waals surface area contributed by atoms with E-state index in [0.717, 1.165) is 40.5 Å². The minimum absolute atomic E-state index is 0.0197. The Balaban J connectivity index is 1.83. The molecule has 0 saturated heterocycles. The monoisotopic (exact) mass is 429 g/mol. The number of hydrogen-bond acceptors (Lipinski definition) is 4. The number of aryl methyl sites for hydroxylation is 2. The van der Waals surface area contributed by atoms with Crippen LogP contribution in [0.5, 0.6) is 0 Å². The van der Waals surface area contributed by atoms with Crippen molar-refractivity contribution in [3.05, 3.63) is 69.7 Å². The normalized spacial score (nSPS) is 13.6. The third-order valence-corrected chi connectivity index (χ3v) is 6.58. The average molecular weight is 429 g/mol. The number of rotatable bonds is 6. The van der Waals surface area contributed by atoms with Crippen LogP contribution in [0.3, 0.4) is 0 Å². The van der Waals surface area contributed by atoms with Crippen molar-refractivity contribution < 1.29 is 21.6 Å². The molecule has 2 heterocycles. The zero-order chi connectivity index (χ0) is 20.5. The number of sulfonamides is 1. The highest BCUT2D eigenvalue weighted by Crippen LogP contribution is 2.30. The number of benzene rings is 1. The number of aromatic nitrogens is 2. The molecule has 0 amide bonds. The predicted molar refractivity (Wildman–Crippen MR) is 101 cm³/mol. The Morgan fingerprint density at radius 2 is 1.86 bits per heavy atom. The van der Waals surface area contributed by atoms with Crippen LogP contribution >= 0.6 is 11.3 Å². The van der Waals surface area contributed by atoms with Gasteiger partial charge in [-0.15, -0.1) is 11.3 Å². The lowest BCUT2D eigenvalue weighted by Gasteiger charge is -2.19. The van der Waals surface area contributed by atoms with Crippen LogP contribution in [-0.4, -0.2) is 24.7 Å². The first-order chi connectivity index (χ1) is 13.1. The Labute approximate surface area is 164 Å². The molecule has 0 radical (unpaired) electrons. The lowest BCUT2D eigenvalue weighted by molar-refractivity contribution is -0.137. The van der Waals surface area contributed by atoms with Crippen LogP contribution in [0.15, 0.2) is 52.7 Å². The van der Waals surface area contributed by atoms with E-state index >= 15 is 0 Å². The minimum Gasteiger partial charge on any atom is -0.260 e. The molecule has 3 aromatic rings. The number of nitrogens with zero attached hydrogens (tertiary/aromatic N) is 2. The summed E-state index contributed by atoms with van der Waals surface area (Å²) < 4.78 is 67.4. The zero-order valence-corrected chi connectivity index (χ0v) is 16.7. The van der Waals surface area contributed by atoms with Crippen LogP contribution in [0, 0.1) is 13.8 Å². The Kier molecular flexibility index (Phi) is 5.64.